The third-order valence-corrected chi connectivity index (χ3v) is 3.15. The van der Waals surface area contributed by atoms with Crippen molar-refractivity contribution in [3.05, 3.63) is 29.6 Å². The molecule has 0 radical (unpaired) electrons. The van der Waals surface area contributed by atoms with Crippen LogP contribution in [-0.4, -0.2) is 68.1 Å². The molecule has 1 fully saturated rings. The van der Waals surface area contributed by atoms with Gasteiger partial charge in [0.25, 0.3) is 0 Å². The fraction of sp³-hybridized carbons (Fsp3) is 0.467. The van der Waals surface area contributed by atoms with E-state index in [1.165, 1.54) is 26.5 Å². The number of nitrogens with zero attached hydrogens (tertiary/aromatic N) is 2. The van der Waals surface area contributed by atoms with E-state index in [-0.39, 0.29) is 17.2 Å². The highest BCUT2D eigenvalue weighted by Gasteiger charge is 2.18. The SMILES string of the molecule is CC(=O)N1CCNCC1.COC(=O)c1cccnc1C(=O)OC. The lowest BCUT2D eigenvalue weighted by Gasteiger charge is -2.25. The molecule has 2 rings (SSSR count). The molecule has 2 heterocycles. The van der Waals surface area contributed by atoms with Crippen LogP contribution < -0.4 is 5.32 Å². The maximum atomic E-state index is 11.2. The predicted octanol–water partition coefficient (Wildman–Crippen LogP) is 0.0929. The Morgan fingerprint density at radius 1 is 1.13 bits per heavy atom. The second-order valence-corrected chi connectivity index (χ2v) is 4.64. The van der Waals surface area contributed by atoms with E-state index in [9.17, 15) is 14.4 Å². The number of aromatic nitrogens is 1. The number of nitrogens with one attached hydrogen (secondary N) is 1. The summed E-state index contributed by atoms with van der Waals surface area (Å²) >= 11 is 0. The van der Waals surface area contributed by atoms with Gasteiger partial charge in [0, 0.05) is 39.3 Å². The molecule has 1 aliphatic rings. The molecule has 1 saturated heterocycles. The number of methoxy groups -OCH3 is 2. The maximum absolute atomic E-state index is 11.2. The number of hydrogen-bond donors (Lipinski definition) is 1. The molecule has 0 atom stereocenters. The van der Waals surface area contributed by atoms with Gasteiger partial charge in [0.2, 0.25) is 5.91 Å². The Hall–Kier alpha value is -2.48. The molecule has 0 bridgehead atoms. The zero-order valence-electron chi connectivity index (χ0n) is 13.5. The van der Waals surface area contributed by atoms with Crippen molar-refractivity contribution in [1.29, 1.82) is 0 Å². The summed E-state index contributed by atoms with van der Waals surface area (Å²) in [6, 6.07) is 2.99. The molecule has 1 N–H and O–H groups in total. The van der Waals surface area contributed by atoms with E-state index in [1.807, 2.05) is 4.90 Å². The molecule has 1 aromatic rings. The molecule has 0 aliphatic carbocycles. The summed E-state index contributed by atoms with van der Waals surface area (Å²) in [4.78, 5) is 38.6. The van der Waals surface area contributed by atoms with Gasteiger partial charge >= 0.3 is 11.9 Å². The average molecular weight is 323 g/mol. The molecule has 0 unspecified atom stereocenters. The van der Waals surface area contributed by atoms with E-state index in [4.69, 9.17) is 0 Å². The fourth-order valence-corrected chi connectivity index (χ4v) is 1.92. The number of ether oxygens (including phenoxy) is 2. The molecular formula is C15H21N3O5. The standard InChI is InChI=1S/C9H9NO4.C6H12N2O/c1-13-8(11)6-4-3-5-10-7(6)9(12)14-2;1-6(9)8-4-2-7-3-5-8/h3-5H,1-2H3;7H,2-5H2,1H3. The Balaban J connectivity index is 0.000000253. The second kappa shape index (κ2) is 9.52. The van der Waals surface area contributed by atoms with Crippen molar-refractivity contribution in [2.45, 2.75) is 6.92 Å². The highest BCUT2D eigenvalue weighted by Crippen LogP contribution is 2.07. The van der Waals surface area contributed by atoms with Gasteiger partial charge < -0.3 is 19.7 Å². The van der Waals surface area contributed by atoms with Crippen LogP contribution in [0.15, 0.2) is 18.3 Å². The number of hydrogen-bond acceptors (Lipinski definition) is 7. The maximum Gasteiger partial charge on any atom is 0.357 e. The van der Waals surface area contributed by atoms with E-state index < -0.39 is 11.9 Å². The van der Waals surface area contributed by atoms with Crippen LogP contribution in [0.3, 0.4) is 0 Å². The summed E-state index contributed by atoms with van der Waals surface area (Å²) in [5, 5.41) is 3.18. The fourth-order valence-electron chi connectivity index (χ4n) is 1.92. The lowest BCUT2D eigenvalue weighted by molar-refractivity contribution is -0.129. The number of carbonyl (C=O) groups excluding carboxylic acids is 3. The lowest BCUT2D eigenvalue weighted by atomic mass is 10.2. The molecule has 1 aliphatic heterocycles. The largest absolute Gasteiger partial charge is 0.465 e. The van der Waals surface area contributed by atoms with E-state index in [1.54, 1.807) is 13.0 Å². The zero-order valence-corrected chi connectivity index (χ0v) is 13.5. The van der Waals surface area contributed by atoms with Gasteiger partial charge in [-0.3, -0.25) is 4.79 Å². The van der Waals surface area contributed by atoms with Crippen molar-refractivity contribution in [1.82, 2.24) is 15.2 Å². The Labute approximate surface area is 134 Å². The number of rotatable bonds is 2. The van der Waals surface area contributed by atoms with Gasteiger partial charge in [0.15, 0.2) is 5.69 Å². The van der Waals surface area contributed by atoms with Gasteiger partial charge in [0.1, 0.15) is 0 Å². The van der Waals surface area contributed by atoms with Gasteiger partial charge in [-0.05, 0) is 12.1 Å². The Morgan fingerprint density at radius 2 is 1.74 bits per heavy atom. The number of amides is 1. The zero-order chi connectivity index (χ0) is 17.2. The third-order valence-electron chi connectivity index (χ3n) is 3.15. The number of carbonyl (C=O) groups is 3. The van der Waals surface area contributed by atoms with Gasteiger partial charge in [-0.1, -0.05) is 0 Å². The Kier molecular flexibility index (Phi) is 7.69. The summed E-state index contributed by atoms with van der Waals surface area (Å²) in [5.41, 5.74) is 0.0590. The monoisotopic (exact) mass is 323 g/mol. The third kappa shape index (κ3) is 5.67. The van der Waals surface area contributed by atoms with Crippen molar-refractivity contribution >= 4 is 17.8 Å². The van der Waals surface area contributed by atoms with Crippen LogP contribution in [0.5, 0.6) is 0 Å². The molecular weight excluding hydrogens is 302 g/mol. The van der Waals surface area contributed by atoms with E-state index in [0.717, 1.165) is 26.2 Å². The number of piperazine rings is 1. The van der Waals surface area contributed by atoms with Crippen LogP contribution in [0.2, 0.25) is 0 Å². The summed E-state index contributed by atoms with van der Waals surface area (Å²) in [6.45, 7) is 5.25. The first-order chi connectivity index (χ1) is 11.0. The van der Waals surface area contributed by atoms with Crippen LogP contribution in [-0.2, 0) is 14.3 Å². The number of esters is 2. The van der Waals surface area contributed by atoms with Gasteiger partial charge in [-0.25, -0.2) is 14.6 Å². The molecule has 126 valence electrons. The van der Waals surface area contributed by atoms with Gasteiger partial charge in [0.05, 0.1) is 19.8 Å². The van der Waals surface area contributed by atoms with Gasteiger partial charge in [-0.2, -0.15) is 0 Å². The minimum atomic E-state index is -0.661. The minimum absolute atomic E-state index is 0.0400. The van der Waals surface area contributed by atoms with E-state index >= 15 is 0 Å². The van der Waals surface area contributed by atoms with Crippen molar-refractivity contribution in [2.75, 3.05) is 40.4 Å². The molecule has 1 aromatic heterocycles. The first-order valence-corrected chi connectivity index (χ1v) is 7.09. The highest BCUT2D eigenvalue weighted by molar-refractivity contribution is 6.01. The predicted molar refractivity (Wildman–Crippen MR) is 82.0 cm³/mol. The Morgan fingerprint density at radius 3 is 2.22 bits per heavy atom. The summed E-state index contributed by atoms with van der Waals surface area (Å²) in [6.07, 6.45) is 1.40. The first-order valence-electron chi connectivity index (χ1n) is 7.09. The summed E-state index contributed by atoms with van der Waals surface area (Å²) < 4.78 is 8.95. The van der Waals surface area contributed by atoms with Crippen LogP contribution >= 0.6 is 0 Å². The quantitative estimate of drug-likeness (QED) is 0.770. The molecule has 23 heavy (non-hydrogen) atoms. The normalized spacial score (nSPS) is 13.4. The van der Waals surface area contributed by atoms with Crippen LogP contribution in [0.1, 0.15) is 27.8 Å². The first kappa shape index (κ1) is 18.6. The van der Waals surface area contributed by atoms with Gasteiger partial charge in [-0.15, -0.1) is 0 Å². The minimum Gasteiger partial charge on any atom is -0.465 e. The lowest BCUT2D eigenvalue weighted by Crippen LogP contribution is -2.45. The van der Waals surface area contributed by atoms with Crippen LogP contribution in [0, 0.1) is 0 Å². The van der Waals surface area contributed by atoms with Crippen molar-refractivity contribution in [3.63, 3.8) is 0 Å². The molecule has 0 spiro atoms. The smallest absolute Gasteiger partial charge is 0.357 e. The van der Waals surface area contributed by atoms with E-state index in [2.05, 4.69) is 19.8 Å². The average Bonchev–Trinajstić information content (AvgIpc) is 2.61. The van der Waals surface area contributed by atoms with E-state index in [0.29, 0.717) is 0 Å². The summed E-state index contributed by atoms with van der Waals surface area (Å²) in [5.74, 6) is -1.08. The molecule has 1 amide bonds. The summed E-state index contributed by atoms with van der Waals surface area (Å²) in [7, 11) is 2.45. The van der Waals surface area contributed by atoms with Crippen molar-refractivity contribution in [2.24, 2.45) is 0 Å². The highest BCUT2D eigenvalue weighted by atomic mass is 16.5. The molecule has 0 saturated carbocycles. The Bertz CT molecular complexity index is 521. The van der Waals surface area contributed by atoms with Crippen LogP contribution in [0.4, 0.5) is 0 Å². The van der Waals surface area contributed by atoms with Crippen molar-refractivity contribution in [3.8, 4) is 0 Å². The van der Waals surface area contributed by atoms with Crippen molar-refractivity contribution < 1.29 is 23.9 Å². The second-order valence-electron chi connectivity index (χ2n) is 4.64. The molecule has 0 aromatic carbocycles. The molecule has 8 nitrogen and oxygen atoms in total. The number of pyridine rings is 1. The van der Waals surface area contributed by atoms with Crippen LogP contribution in [0.25, 0.3) is 0 Å². The molecule has 8 heteroatoms. The topological polar surface area (TPSA) is 97.8 Å².